The van der Waals surface area contributed by atoms with E-state index in [-0.39, 0.29) is 17.4 Å². The lowest BCUT2D eigenvalue weighted by atomic mass is 10.3. The molecule has 7 heteroatoms. The fraction of sp³-hybridized carbons (Fsp3) is 0.300. The third-order valence-corrected chi connectivity index (χ3v) is 1.97. The molecule has 0 spiro atoms. The first-order chi connectivity index (χ1) is 8.02. The SMILES string of the molecule is CCOC(=O)Nc1ccc(OC(F)F)c(Cl)c1. The number of hydrogen-bond acceptors (Lipinski definition) is 3. The Balaban J connectivity index is 2.71. The molecule has 1 aromatic carbocycles. The van der Waals surface area contributed by atoms with Gasteiger partial charge in [-0.2, -0.15) is 8.78 Å². The molecule has 0 saturated carbocycles. The molecule has 0 bridgehead atoms. The highest BCUT2D eigenvalue weighted by molar-refractivity contribution is 6.32. The summed E-state index contributed by atoms with van der Waals surface area (Å²) in [6.07, 6.45) is -0.647. The van der Waals surface area contributed by atoms with E-state index in [1.165, 1.54) is 18.2 Å². The maximum absolute atomic E-state index is 11.9. The Kier molecular flexibility index (Phi) is 4.96. The fourth-order valence-electron chi connectivity index (χ4n) is 1.06. The summed E-state index contributed by atoms with van der Waals surface area (Å²) in [4.78, 5) is 11.1. The number of hydrogen-bond donors (Lipinski definition) is 1. The summed E-state index contributed by atoms with van der Waals surface area (Å²) in [5.41, 5.74) is 0.329. The van der Waals surface area contributed by atoms with Crippen LogP contribution in [-0.2, 0) is 4.74 Å². The van der Waals surface area contributed by atoms with Crippen LogP contribution in [0, 0.1) is 0 Å². The third-order valence-electron chi connectivity index (χ3n) is 1.67. The van der Waals surface area contributed by atoms with E-state index in [9.17, 15) is 13.6 Å². The van der Waals surface area contributed by atoms with Crippen LogP contribution >= 0.6 is 11.6 Å². The number of carbonyl (C=O) groups is 1. The van der Waals surface area contributed by atoms with E-state index in [0.717, 1.165) is 0 Å². The molecule has 0 aromatic heterocycles. The lowest BCUT2D eigenvalue weighted by molar-refractivity contribution is -0.0497. The van der Waals surface area contributed by atoms with Crippen LogP contribution in [-0.4, -0.2) is 19.3 Å². The zero-order valence-electron chi connectivity index (χ0n) is 8.88. The topological polar surface area (TPSA) is 47.6 Å². The Bertz CT molecular complexity index is 401. The lowest BCUT2D eigenvalue weighted by Crippen LogP contribution is -2.13. The Labute approximate surface area is 101 Å². The highest BCUT2D eigenvalue weighted by Gasteiger charge is 2.10. The normalized spacial score (nSPS) is 10.2. The fourth-order valence-corrected chi connectivity index (χ4v) is 1.28. The molecule has 0 aliphatic rings. The van der Waals surface area contributed by atoms with Crippen molar-refractivity contribution in [2.45, 2.75) is 13.5 Å². The van der Waals surface area contributed by atoms with Crippen molar-refractivity contribution < 1.29 is 23.0 Å². The number of halogens is 3. The minimum Gasteiger partial charge on any atom is -0.450 e. The number of rotatable bonds is 4. The molecule has 0 atom stereocenters. The predicted octanol–water partition coefficient (Wildman–Crippen LogP) is 3.51. The van der Waals surface area contributed by atoms with Crippen molar-refractivity contribution in [2.24, 2.45) is 0 Å². The van der Waals surface area contributed by atoms with E-state index in [1.807, 2.05) is 0 Å². The van der Waals surface area contributed by atoms with Gasteiger partial charge in [-0.15, -0.1) is 0 Å². The van der Waals surface area contributed by atoms with Gasteiger partial charge in [-0.1, -0.05) is 11.6 Å². The van der Waals surface area contributed by atoms with Crippen LogP contribution in [0.5, 0.6) is 5.75 Å². The summed E-state index contributed by atoms with van der Waals surface area (Å²) in [6, 6.07) is 3.90. The number of amides is 1. The summed E-state index contributed by atoms with van der Waals surface area (Å²) >= 11 is 5.68. The predicted molar refractivity (Wildman–Crippen MR) is 58.7 cm³/mol. The Morgan fingerprint density at radius 2 is 2.24 bits per heavy atom. The number of ether oxygens (including phenoxy) is 2. The van der Waals surface area contributed by atoms with Crippen molar-refractivity contribution in [3.8, 4) is 5.75 Å². The van der Waals surface area contributed by atoms with Crippen LogP contribution in [0.1, 0.15) is 6.92 Å². The molecule has 0 aliphatic carbocycles. The highest BCUT2D eigenvalue weighted by Crippen LogP contribution is 2.28. The van der Waals surface area contributed by atoms with Crippen LogP contribution in [0.2, 0.25) is 5.02 Å². The lowest BCUT2D eigenvalue weighted by Gasteiger charge is -2.09. The van der Waals surface area contributed by atoms with Crippen molar-refractivity contribution in [2.75, 3.05) is 11.9 Å². The van der Waals surface area contributed by atoms with Crippen molar-refractivity contribution in [1.29, 1.82) is 0 Å². The third kappa shape index (κ3) is 4.44. The minimum atomic E-state index is -2.95. The molecule has 0 heterocycles. The minimum absolute atomic E-state index is 0.0281. The van der Waals surface area contributed by atoms with E-state index < -0.39 is 12.7 Å². The van der Waals surface area contributed by atoms with E-state index in [4.69, 9.17) is 11.6 Å². The Morgan fingerprint density at radius 1 is 1.53 bits per heavy atom. The number of nitrogens with one attached hydrogen (secondary N) is 1. The summed E-state index contributed by atoms with van der Waals surface area (Å²) in [7, 11) is 0. The van der Waals surface area contributed by atoms with Crippen molar-refractivity contribution in [1.82, 2.24) is 0 Å². The molecule has 1 amide bonds. The van der Waals surface area contributed by atoms with Crippen LogP contribution < -0.4 is 10.1 Å². The molecule has 0 fully saturated rings. The molecule has 0 saturated heterocycles. The maximum Gasteiger partial charge on any atom is 0.411 e. The largest absolute Gasteiger partial charge is 0.450 e. The number of carbonyl (C=O) groups excluding carboxylic acids is 1. The van der Waals surface area contributed by atoms with Gasteiger partial charge in [0.1, 0.15) is 5.75 Å². The van der Waals surface area contributed by atoms with Crippen LogP contribution in [0.4, 0.5) is 19.3 Å². The summed E-state index contributed by atoms with van der Waals surface area (Å²) in [5, 5.41) is 2.35. The van der Waals surface area contributed by atoms with Crippen molar-refractivity contribution >= 4 is 23.4 Å². The first-order valence-electron chi connectivity index (χ1n) is 4.71. The molecular formula is C10H10ClF2NO3. The second-order valence-corrected chi connectivity index (χ2v) is 3.28. The molecule has 0 unspecified atom stereocenters. The van der Waals surface area contributed by atoms with Gasteiger partial charge in [0.25, 0.3) is 0 Å². The molecule has 94 valence electrons. The summed E-state index contributed by atoms with van der Waals surface area (Å²) < 4.78 is 32.7. The second-order valence-electron chi connectivity index (χ2n) is 2.87. The second kappa shape index (κ2) is 6.24. The number of anilines is 1. The quantitative estimate of drug-likeness (QED) is 0.906. The average Bonchev–Trinajstić information content (AvgIpc) is 2.22. The highest BCUT2D eigenvalue weighted by atomic mass is 35.5. The van der Waals surface area contributed by atoms with E-state index in [2.05, 4.69) is 14.8 Å². The van der Waals surface area contributed by atoms with Crippen LogP contribution in [0.15, 0.2) is 18.2 Å². The van der Waals surface area contributed by atoms with Gasteiger partial charge in [-0.05, 0) is 25.1 Å². The van der Waals surface area contributed by atoms with Gasteiger partial charge in [0.05, 0.1) is 11.6 Å². The van der Waals surface area contributed by atoms with Gasteiger partial charge >= 0.3 is 12.7 Å². The zero-order valence-corrected chi connectivity index (χ0v) is 9.63. The molecule has 1 aromatic rings. The molecule has 0 aliphatic heterocycles. The van der Waals surface area contributed by atoms with Gasteiger partial charge in [-0.3, -0.25) is 5.32 Å². The molecular weight excluding hydrogens is 256 g/mol. The van der Waals surface area contributed by atoms with Crippen molar-refractivity contribution in [3.05, 3.63) is 23.2 Å². The van der Waals surface area contributed by atoms with Crippen LogP contribution in [0.3, 0.4) is 0 Å². The zero-order chi connectivity index (χ0) is 12.8. The maximum atomic E-state index is 11.9. The molecule has 17 heavy (non-hydrogen) atoms. The monoisotopic (exact) mass is 265 g/mol. The standard InChI is InChI=1S/C10H10ClF2NO3/c1-2-16-10(15)14-6-3-4-8(7(11)5-6)17-9(12)13/h3-5,9H,2H2,1H3,(H,14,15). The van der Waals surface area contributed by atoms with E-state index in [0.29, 0.717) is 5.69 Å². The molecule has 1 rings (SSSR count). The average molecular weight is 266 g/mol. The molecule has 4 nitrogen and oxygen atoms in total. The summed E-state index contributed by atoms with van der Waals surface area (Å²) in [5.74, 6) is -0.156. The number of alkyl halides is 2. The first kappa shape index (κ1) is 13.5. The van der Waals surface area contributed by atoms with Gasteiger partial charge in [0, 0.05) is 5.69 Å². The smallest absolute Gasteiger partial charge is 0.411 e. The van der Waals surface area contributed by atoms with Gasteiger partial charge in [-0.25, -0.2) is 4.79 Å². The number of benzene rings is 1. The molecule has 1 N–H and O–H groups in total. The first-order valence-corrected chi connectivity index (χ1v) is 5.09. The van der Waals surface area contributed by atoms with Gasteiger partial charge in [0.15, 0.2) is 0 Å². The Hall–Kier alpha value is -1.56. The van der Waals surface area contributed by atoms with Gasteiger partial charge < -0.3 is 9.47 Å². The van der Waals surface area contributed by atoms with Crippen LogP contribution in [0.25, 0.3) is 0 Å². The van der Waals surface area contributed by atoms with E-state index in [1.54, 1.807) is 6.92 Å². The van der Waals surface area contributed by atoms with Crippen molar-refractivity contribution in [3.63, 3.8) is 0 Å². The van der Waals surface area contributed by atoms with Gasteiger partial charge in [0.2, 0.25) is 0 Å². The Morgan fingerprint density at radius 3 is 2.76 bits per heavy atom. The summed E-state index contributed by atoms with van der Waals surface area (Å²) in [6.45, 7) is -1.06. The van der Waals surface area contributed by atoms with E-state index >= 15 is 0 Å². The molecule has 0 radical (unpaired) electrons.